The molecular weight excluding hydrogens is 242 g/mol. The highest BCUT2D eigenvalue weighted by Crippen LogP contribution is 2.26. The molecular formula is C14H17N3S. The van der Waals surface area contributed by atoms with Gasteiger partial charge in [-0.3, -0.25) is 0 Å². The summed E-state index contributed by atoms with van der Waals surface area (Å²) in [7, 11) is 0. The van der Waals surface area contributed by atoms with Gasteiger partial charge in [0.2, 0.25) is 0 Å². The van der Waals surface area contributed by atoms with Crippen LogP contribution >= 0.6 is 11.8 Å². The van der Waals surface area contributed by atoms with Crippen LogP contribution in [0.15, 0.2) is 35.2 Å². The molecule has 2 rings (SSSR count). The molecule has 0 fully saturated rings. The van der Waals surface area contributed by atoms with Gasteiger partial charge in [-0.05, 0) is 30.7 Å². The zero-order valence-corrected chi connectivity index (χ0v) is 11.7. The molecule has 0 atom stereocenters. The first-order valence-corrected chi connectivity index (χ1v) is 6.81. The van der Waals surface area contributed by atoms with Crippen LogP contribution in [0.5, 0.6) is 0 Å². The second kappa shape index (κ2) is 5.40. The predicted octanol–water partition coefficient (Wildman–Crippen LogP) is 3.53. The van der Waals surface area contributed by atoms with Gasteiger partial charge in [0.25, 0.3) is 0 Å². The average Bonchev–Trinajstić information content (AvgIpc) is 2.33. The molecule has 0 aliphatic heterocycles. The summed E-state index contributed by atoms with van der Waals surface area (Å²) in [6, 6.07) is 10.3. The summed E-state index contributed by atoms with van der Waals surface area (Å²) in [4.78, 5) is 1.27. The number of aromatic nitrogens is 2. The van der Waals surface area contributed by atoms with E-state index in [1.807, 2.05) is 24.8 Å². The predicted molar refractivity (Wildman–Crippen MR) is 77.6 cm³/mol. The molecule has 0 spiro atoms. The molecule has 0 aliphatic rings. The van der Waals surface area contributed by atoms with Gasteiger partial charge < -0.3 is 5.73 Å². The van der Waals surface area contributed by atoms with Gasteiger partial charge >= 0.3 is 0 Å². The van der Waals surface area contributed by atoms with Gasteiger partial charge in [-0.15, -0.1) is 22.0 Å². The molecule has 0 bridgehead atoms. The summed E-state index contributed by atoms with van der Waals surface area (Å²) in [5, 5.41) is 8.66. The van der Waals surface area contributed by atoms with Crippen molar-refractivity contribution in [3.63, 3.8) is 0 Å². The van der Waals surface area contributed by atoms with Gasteiger partial charge in [0.1, 0.15) is 5.82 Å². The second-order valence-electron chi connectivity index (χ2n) is 4.49. The molecule has 2 aromatic rings. The Balaban J connectivity index is 2.25. The quantitative estimate of drug-likeness (QED) is 0.857. The van der Waals surface area contributed by atoms with Gasteiger partial charge in [-0.25, -0.2) is 0 Å². The van der Waals surface area contributed by atoms with Crippen LogP contribution in [0, 0.1) is 6.92 Å². The van der Waals surface area contributed by atoms with Gasteiger partial charge in [0.15, 0.2) is 0 Å². The first kappa shape index (κ1) is 12.9. The summed E-state index contributed by atoms with van der Waals surface area (Å²) in [6.07, 6.45) is 0. The average molecular weight is 259 g/mol. The second-order valence-corrected chi connectivity index (χ2v) is 6.14. The fourth-order valence-electron chi connectivity index (χ4n) is 1.61. The van der Waals surface area contributed by atoms with Crippen LogP contribution in [0.4, 0.5) is 5.82 Å². The van der Waals surface area contributed by atoms with Gasteiger partial charge in [0, 0.05) is 15.7 Å². The van der Waals surface area contributed by atoms with Crippen molar-refractivity contribution < 1.29 is 0 Å². The number of hydrogen-bond donors (Lipinski definition) is 1. The van der Waals surface area contributed by atoms with Crippen molar-refractivity contribution in [2.45, 2.75) is 30.9 Å². The van der Waals surface area contributed by atoms with E-state index in [4.69, 9.17) is 5.73 Å². The Labute approximate surface area is 112 Å². The van der Waals surface area contributed by atoms with Crippen molar-refractivity contribution in [1.29, 1.82) is 0 Å². The van der Waals surface area contributed by atoms with Crippen molar-refractivity contribution in [3.05, 3.63) is 35.9 Å². The Morgan fingerprint density at radius 3 is 2.33 bits per heavy atom. The molecule has 18 heavy (non-hydrogen) atoms. The molecule has 3 nitrogen and oxygen atoms in total. The van der Waals surface area contributed by atoms with Crippen LogP contribution < -0.4 is 5.73 Å². The van der Waals surface area contributed by atoms with Crippen molar-refractivity contribution in [1.82, 2.24) is 10.2 Å². The molecule has 0 saturated carbocycles. The van der Waals surface area contributed by atoms with E-state index in [2.05, 4.69) is 48.3 Å². The number of nitrogens with two attached hydrogens (primary N) is 1. The van der Waals surface area contributed by atoms with E-state index < -0.39 is 0 Å². The normalized spacial score (nSPS) is 10.9. The van der Waals surface area contributed by atoms with E-state index in [0.717, 1.165) is 16.8 Å². The van der Waals surface area contributed by atoms with Crippen LogP contribution in [-0.4, -0.2) is 15.4 Å². The van der Waals surface area contributed by atoms with Crippen molar-refractivity contribution in [2.24, 2.45) is 0 Å². The topological polar surface area (TPSA) is 51.8 Å². The number of anilines is 1. The minimum absolute atomic E-state index is 0.491. The molecule has 2 N–H and O–H groups in total. The first-order chi connectivity index (χ1) is 8.56. The highest BCUT2D eigenvalue weighted by atomic mass is 32.2. The molecule has 0 aliphatic carbocycles. The number of hydrogen-bond acceptors (Lipinski definition) is 4. The smallest absolute Gasteiger partial charge is 0.149 e. The summed E-state index contributed by atoms with van der Waals surface area (Å²) >= 11 is 1.85. The fraction of sp³-hybridized carbons (Fsp3) is 0.286. The van der Waals surface area contributed by atoms with Crippen LogP contribution in [-0.2, 0) is 0 Å². The summed E-state index contributed by atoms with van der Waals surface area (Å²) in [6.45, 7) is 6.32. The highest BCUT2D eigenvalue weighted by molar-refractivity contribution is 7.99. The zero-order chi connectivity index (χ0) is 13.1. The van der Waals surface area contributed by atoms with Crippen LogP contribution in [0.2, 0.25) is 0 Å². The lowest BCUT2D eigenvalue weighted by Crippen LogP contribution is -1.97. The number of aryl methyl sites for hydroxylation is 1. The molecule has 1 aromatic carbocycles. The molecule has 1 aromatic heterocycles. The molecule has 1 heterocycles. The molecule has 0 unspecified atom stereocenters. The number of nitrogen functional groups attached to an aromatic ring is 1. The van der Waals surface area contributed by atoms with Crippen LogP contribution in [0.3, 0.4) is 0 Å². The minimum atomic E-state index is 0.491. The van der Waals surface area contributed by atoms with E-state index in [0.29, 0.717) is 11.1 Å². The van der Waals surface area contributed by atoms with Crippen molar-refractivity contribution >= 4 is 17.6 Å². The first-order valence-electron chi connectivity index (χ1n) is 5.93. The lowest BCUT2D eigenvalue weighted by molar-refractivity contribution is 1.03. The SMILES string of the molecule is Cc1cc(-c2ccc(SC(C)C)cc2)nnc1N. The highest BCUT2D eigenvalue weighted by Gasteiger charge is 2.04. The molecule has 0 saturated heterocycles. The minimum Gasteiger partial charge on any atom is -0.382 e. The Kier molecular flexibility index (Phi) is 3.87. The third-order valence-corrected chi connectivity index (χ3v) is 3.56. The summed E-state index contributed by atoms with van der Waals surface area (Å²) in [5.41, 5.74) is 8.56. The van der Waals surface area contributed by atoms with Gasteiger partial charge in [0.05, 0.1) is 5.69 Å². The Morgan fingerprint density at radius 2 is 1.78 bits per heavy atom. The van der Waals surface area contributed by atoms with Crippen LogP contribution in [0.25, 0.3) is 11.3 Å². The molecule has 0 radical (unpaired) electrons. The largest absolute Gasteiger partial charge is 0.382 e. The monoisotopic (exact) mass is 259 g/mol. The molecule has 4 heteroatoms. The zero-order valence-electron chi connectivity index (χ0n) is 10.8. The third kappa shape index (κ3) is 3.01. The number of nitrogens with zero attached hydrogens (tertiary/aromatic N) is 2. The lowest BCUT2D eigenvalue weighted by atomic mass is 10.1. The van der Waals surface area contributed by atoms with Crippen LogP contribution in [0.1, 0.15) is 19.4 Å². The molecule has 94 valence electrons. The standard InChI is InChI=1S/C14H17N3S/c1-9(2)18-12-6-4-11(5-7-12)13-8-10(3)14(15)17-16-13/h4-9H,1-3H3,(H2,15,17). The Morgan fingerprint density at radius 1 is 1.11 bits per heavy atom. The van der Waals surface area contributed by atoms with E-state index in [-0.39, 0.29) is 0 Å². The lowest BCUT2D eigenvalue weighted by Gasteiger charge is -2.06. The van der Waals surface area contributed by atoms with E-state index in [9.17, 15) is 0 Å². The Bertz CT molecular complexity index is 535. The van der Waals surface area contributed by atoms with Crippen molar-refractivity contribution in [3.8, 4) is 11.3 Å². The fourth-order valence-corrected chi connectivity index (χ4v) is 2.45. The van der Waals surface area contributed by atoms with E-state index in [1.165, 1.54) is 4.90 Å². The number of thioether (sulfide) groups is 1. The third-order valence-electron chi connectivity index (χ3n) is 2.54. The maximum Gasteiger partial charge on any atom is 0.149 e. The van der Waals surface area contributed by atoms with Gasteiger partial charge in [-0.2, -0.15) is 0 Å². The van der Waals surface area contributed by atoms with Crippen molar-refractivity contribution in [2.75, 3.05) is 5.73 Å². The number of benzene rings is 1. The number of rotatable bonds is 3. The molecule has 0 amide bonds. The van der Waals surface area contributed by atoms with E-state index >= 15 is 0 Å². The Hall–Kier alpha value is -1.55. The maximum atomic E-state index is 5.67. The maximum absolute atomic E-state index is 5.67. The summed E-state index contributed by atoms with van der Waals surface area (Å²) in [5.74, 6) is 0.491. The summed E-state index contributed by atoms with van der Waals surface area (Å²) < 4.78 is 0. The van der Waals surface area contributed by atoms with E-state index in [1.54, 1.807) is 0 Å². The van der Waals surface area contributed by atoms with Gasteiger partial charge in [-0.1, -0.05) is 26.0 Å².